The number of para-hydroxylation sites is 4. The summed E-state index contributed by atoms with van der Waals surface area (Å²) in [7, 11) is 0. The summed E-state index contributed by atoms with van der Waals surface area (Å²) in [6.07, 6.45) is 12.0. The van der Waals surface area contributed by atoms with Gasteiger partial charge in [-0.2, -0.15) is 0 Å². The molecule has 8 rings (SSSR count). The minimum absolute atomic E-state index is 0.0227. The van der Waals surface area contributed by atoms with Crippen LogP contribution in [0.1, 0.15) is 55.7 Å². The van der Waals surface area contributed by atoms with E-state index in [4.69, 9.17) is 11.0 Å². The van der Waals surface area contributed by atoms with Gasteiger partial charge < -0.3 is 9.32 Å². The topological polar surface area (TPSA) is 33.6 Å². The van der Waals surface area contributed by atoms with Crippen molar-refractivity contribution in [3.8, 4) is 0 Å². The lowest BCUT2D eigenvalue weighted by Crippen LogP contribution is -2.31. The van der Waals surface area contributed by atoms with Gasteiger partial charge in [0.15, 0.2) is 5.58 Å². The molecule has 0 saturated heterocycles. The van der Waals surface area contributed by atoms with E-state index >= 15 is 0 Å². The quantitative estimate of drug-likeness (QED) is 0.194. The van der Waals surface area contributed by atoms with Crippen molar-refractivity contribution in [1.82, 2.24) is 4.98 Å². The van der Waals surface area contributed by atoms with E-state index in [1.807, 2.05) is 24.3 Å². The van der Waals surface area contributed by atoms with E-state index in [1.165, 1.54) is 39.2 Å². The summed E-state index contributed by atoms with van der Waals surface area (Å²) < 4.78 is 6.05. The van der Waals surface area contributed by atoms with Gasteiger partial charge in [0.25, 0.3) is 5.70 Å². The number of aromatic nitrogens is 1. The van der Waals surface area contributed by atoms with Crippen LogP contribution in [0.3, 0.4) is 0 Å². The van der Waals surface area contributed by atoms with E-state index in [-0.39, 0.29) is 5.41 Å². The lowest BCUT2D eigenvalue weighted by Gasteiger charge is -2.42. The second-order valence-corrected chi connectivity index (χ2v) is 12.9. The first kappa shape index (κ1) is 27.2. The summed E-state index contributed by atoms with van der Waals surface area (Å²) in [5, 5.41) is 0. The van der Waals surface area contributed by atoms with E-state index < -0.39 is 0 Å². The third-order valence-electron chi connectivity index (χ3n) is 9.58. The molecule has 218 valence electrons. The highest BCUT2D eigenvalue weighted by Gasteiger charge is 2.38. The van der Waals surface area contributed by atoms with Crippen LogP contribution >= 0.6 is 0 Å². The molecule has 0 saturated carbocycles. The molecule has 0 radical (unpaired) electrons. The third-order valence-corrected chi connectivity index (χ3v) is 9.58. The number of nitrogens with zero attached hydrogens (tertiary/aromatic N) is 3. The zero-order valence-corrected chi connectivity index (χ0v) is 25.5. The van der Waals surface area contributed by atoms with Crippen LogP contribution in [0, 0.1) is 17.9 Å². The molecule has 0 bridgehead atoms. The van der Waals surface area contributed by atoms with Crippen molar-refractivity contribution < 1.29 is 4.42 Å². The Morgan fingerprint density at radius 2 is 1.51 bits per heavy atom. The van der Waals surface area contributed by atoms with Gasteiger partial charge in [-0.25, -0.2) is 9.83 Å². The van der Waals surface area contributed by atoms with Gasteiger partial charge in [-0.05, 0) is 100 Å². The van der Waals surface area contributed by atoms with E-state index in [0.717, 1.165) is 36.0 Å². The molecule has 2 heterocycles. The van der Waals surface area contributed by atoms with Gasteiger partial charge in [0.2, 0.25) is 5.89 Å². The van der Waals surface area contributed by atoms with Gasteiger partial charge >= 0.3 is 0 Å². The van der Waals surface area contributed by atoms with Crippen molar-refractivity contribution in [2.45, 2.75) is 33.1 Å². The number of hydrogen-bond donors (Lipinski definition) is 0. The van der Waals surface area contributed by atoms with E-state index in [9.17, 15) is 0 Å². The molecule has 1 aromatic heterocycles. The van der Waals surface area contributed by atoms with E-state index in [0.29, 0.717) is 23.1 Å². The number of allylic oxidation sites excluding steroid dienone is 5. The molecule has 0 amide bonds. The third kappa shape index (κ3) is 4.73. The fourth-order valence-electron chi connectivity index (χ4n) is 7.38. The molecule has 0 fully saturated rings. The number of anilines is 3. The number of benzene rings is 4. The predicted octanol–water partition coefficient (Wildman–Crippen LogP) is 11.3. The Balaban J connectivity index is 1.17. The smallest absolute Gasteiger partial charge is 0.250 e. The number of rotatable bonds is 3. The van der Waals surface area contributed by atoms with Crippen LogP contribution in [-0.2, 0) is 0 Å². The second-order valence-electron chi connectivity index (χ2n) is 12.9. The summed E-state index contributed by atoms with van der Waals surface area (Å²) in [4.78, 5) is 11.0. The molecule has 4 aromatic carbocycles. The average Bonchev–Trinajstić information content (AvgIpc) is 3.41. The summed E-state index contributed by atoms with van der Waals surface area (Å²) in [6, 6.07) is 33.9. The van der Waals surface area contributed by atoms with Crippen molar-refractivity contribution in [3.63, 3.8) is 0 Å². The molecule has 0 spiro atoms. The molecule has 1 atom stereocenters. The van der Waals surface area contributed by atoms with Crippen molar-refractivity contribution in [2.24, 2.45) is 11.3 Å². The summed E-state index contributed by atoms with van der Waals surface area (Å²) in [5.41, 5.74) is 12.8. The molecule has 45 heavy (non-hydrogen) atoms. The maximum Gasteiger partial charge on any atom is 0.250 e. The van der Waals surface area contributed by atoms with Crippen molar-refractivity contribution in [1.29, 1.82) is 0 Å². The maximum atomic E-state index is 8.07. The minimum atomic E-state index is 0.0227. The van der Waals surface area contributed by atoms with Gasteiger partial charge in [0.05, 0.1) is 17.9 Å². The molecular formula is C41H33N3O. The lowest BCUT2D eigenvalue weighted by atomic mass is 9.62. The molecular weight excluding hydrogens is 550 g/mol. The van der Waals surface area contributed by atoms with Crippen molar-refractivity contribution >= 4 is 51.6 Å². The SMILES string of the molecule is [C-]#[N+]C(=C1C=C2C=C(c3ccc(N4c5ccccc5C=Cc5ccccc54)cc3)CCC2C(C)(C)C1)c1nc2ccccc2o1. The van der Waals surface area contributed by atoms with Crippen LogP contribution in [0.4, 0.5) is 17.1 Å². The van der Waals surface area contributed by atoms with Crippen LogP contribution in [0.25, 0.3) is 39.4 Å². The second kappa shape index (κ2) is 10.6. The Labute approximate surface area is 264 Å². The Morgan fingerprint density at radius 1 is 0.844 bits per heavy atom. The molecule has 1 aliphatic heterocycles. The zero-order chi connectivity index (χ0) is 30.5. The average molecular weight is 584 g/mol. The van der Waals surface area contributed by atoms with Crippen LogP contribution < -0.4 is 4.90 Å². The minimum Gasteiger partial charge on any atom is -0.447 e. The highest BCUT2D eigenvalue weighted by molar-refractivity contribution is 5.93. The monoisotopic (exact) mass is 583 g/mol. The van der Waals surface area contributed by atoms with E-state index in [1.54, 1.807) is 0 Å². The Kier molecular flexibility index (Phi) is 6.43. The van der Waals surface area contributed by atoms with Crippen LogP contribution in [0.15, 0.2) is 125 Å². The first-order valence-electron chi connectivity index (χ1n) is 15.6. The van der Waals surface area contributed by atoms with Gasteiger partial charge in [0, 0.05) is 5.69 Å². The van der Waals surface area contributed by atoms with Crippen LogP contribution in [-0.4, -0.2) is 4.98 Å². The molecule has 4 heteroatoms. The van der Waals surface area contributed by atoms with Gasteiger partial charge in [-0.3, -0.25) is 0 Å². The predicted molar refractivity (Wildman–Crippen MR) is 185 cm³/mol. The normalized spacial score (nSPS) is 19.4. The first-order valence-corrected chi connectivity index (χ1v) is 15.6. The highest BCUT2D eigenvalue weighted by Crippen LogP contribution is 2.51. The lowest BCUT2D eigenvalue weighted by molar-refractivity contribution is 0.228. The Bertz CT molecular complexity index is 2050. The fraction of sp³-hybridized carbons (Fsp3) is 0.171. The van der Waals surface area contributed by atoms with Crippen molar-refractivity contribution in [3.05, 3.63) is 154 Å². The van der Waals surface area contributed by atoms with Gasteiger partial charge in [0.1, 0.15) is 5.52 Å². The molecule has 5 aromatic rings. The Morgan fingerprint density at radius 3 is 2.20 bits per heavy atom. The highest BCUT2D eigenvalue weighted by atomic mass is 16.3. The number of fused-ring (bicyclic) bond motifs is 4. The van der Waals surface area contributed by atoms with Crippen LogP contribution in [0.2, 0.25) is 0 Å². The molecule has 2 aliphatic carbocycles. The molecule has 3 aliphatic rings. The summed E-state index contributed by atoms with van der Waals surface area (Å²) >= 11 is 0. The van der Waals surface area contributed by atoms with Crippen molar-refractivity contribution in [2.75, 3.05) is 4.90 Å². The molecule has 1 unspecified atom stereocenters. The van der Waals surface area contributed by atoms with E-state index in [2.05, 4.69) is 126 Å². The number of hydrogen-bond acceptors (Lipinski definition) is 3. The summed E-state index contributed by atoms with van der Waals surface area (Å²) in [6.45, 7) is 12.7. The Hall–Kier alpha value is -5.40. The van der Waals surface area contributed by atoms with Gasteiger partial charge in [-0.1, -0.05) is 98.8 Å². The maximum absolute atomic E-state index is 8.07. The first-order chi connectivity index (χ1) is 22.0. The van der Waals surface area contributed by atoms with Crippen LogP contribution in [0.5, 0.6) is 0 Å². The standard InChI is InChI=1S/C41H33N3O/c1-41(2)26-32(39(42-3)40-43-35-12-6-9-15-38(35)45-40)25-31-24-30(20-23-34(31)41)27-18-21-33(22-19-27)44-36-13-7-4-10-28(36)16-17-29-11-5-8-14-37(29)44/h4-19,21-22,24-25,34H,20,23,26H2,1-2H3. The van der Waals surface area contributed by atoms with Gasteiger partial charge in [-0.15, -0.1) is 0 Å². The summed E-state index contributed by atoms with van der Waals surface area (Å²) in [5.74, 6) is 0.854. The zero-order valence-electron chi connectivity index (χ0n) is 25.5. The largest absolute Gasteiger partial charge is 0.447 e. The fourth-order valence-corrected chi connectivity index (χ4v) is 7.38. The number of oxazole rings is 1. The molecule has 0 N–H and O–H groups in total. The molecule has 4 nitrogen and oxygen atoms in total.